The van der Waals surface area contributed by atoms with Gasteiger partial charge in [-0.2, -0.15) is 0 Å². The molecule has 0 aliphatic heterocycles. The summed E-state index contributed by atoms with van der Waals surface area (Å²) in [4.78, 5) is 37.9. The van der Waals surface area contributed by atoms with Gasteiger partial charge in [0.2, 0.25) is 0 Å². The van der Waals surface area contributed by atoms with Crippen LogP contribution in [0.4, 0.5) is 0 Å². The summed E-state index contributed by atoms with van der Waals surface area (Å²) in [6.07, 6.45) is 84.7. The highest BCUT2D eigenvalue weighted by Crippen LogP contribution is 2.14. The van der Waals surface area contributed by atoms with Crippen LogP contribution in [0.25, 0.3) is 0 Å². The first kappa shape index (κ1) is 68.6. The van der Waals surface area contributed by atoms with E-state index < -0.39 is 6.10 Å². The SMILES string of the molecule is CC/C=C\C/C=C\C/C=C\C/C=C\C/C=C\C/C=C\C/C=C\C/C=C\C/C=C\C/C=C\CCCCCCC(=O)OCC(COC(=O)CCCCCCCCCCC)OC(=O)CCCCCCC/C=C\CCCC. The molecule has 6 heteroatoms. The van der Waals surface area contributed by atoms with Crippen molar-refractivity contribution in [2.24, 2.45) is 0 Å². The number of carbonyl (C=O) groups is 3. The zero-order valence-corrected chi connectivity index (χ0v) is 47.1. The third-order valence-electron chi connectivity index (χ3n) is 12.1. The second-order valence-corrected chi connectivity index (χ2v) is 19.2. The van der Waals surface area contributed by atoms with Gasteiger partial charge in [-0.15, -0.1) is 0 Å². The number of ether oxygens (including phenoxy) is 3. The maximum absolute atomic E-state index is 12.8. The maximum Gasteiger partial charge on any atom is 0.306 e. The van der Waals surface area contributed by atoms with E-state index in [0.717, 1.165) is 148 Å². The van der Waals surface area contributed by atoms with E-state index in [9.17, 15) is 14.4 Å². The summed E-state index contributed by atoms with van der Waals surface area (Å²) < 4.78 is 16.7. The predicted octanol–water partition coefficient (Wildman–Crippen LogP) is 20.2. The molecular formula is C67H108O6. The van der Waals surface area contributed by atoms with Crippen LogP contribution < -0.4 is 0 Å². The zero-order valence-electron chi connectivity index (χ0n) is 47.1. The van der Waals surface area contributed by atoms with Crippen molar-refractivity contribution >= 4 is 17.9 Å². The molecular weight excluding hydrogens is 901 g/mol. The highest BCUT2D eigenvalue weighted by molar-refractivity contribution is 5.71. The monoisotopic (exact) mass is 1010 g/mol. The van der Waals surface area contributed by atoms with Crippen molar-refractivity contribution in [1.29, 1.82) is 0 Å². The number of esters is 3. The minimum atomic E-state index is -0.792. The van der Waals surface area contributed by atoms with Crippen LogP contribution in [0, 0.1) is 0 Å². The van der Waals surface area contributed by atoms with Crippen LogP contribution in [0.2, 0.25) is 0 Å². The Bertz CT molecular complexity index is 1580. The summed E-state index contributed by atoms with van der Waals surface area (Å²) in [6.45, 7) is 6.42. The number of allylic oxidation sites excluding steroid dienone is 22. The summed E-state index contributed by atoms with van der Waals surface area (Å²) in [5.41, 5.74) is 0. The zero-order chi connectivity index (χ0) is 52.9. The fourth-order valence-electron chi connectivity index (χ4n) is 7.69. The summed E-state index contributed by atoms with van der Waals surface area (Å²) in [5.74, 6) is -0.935. The van der Waals surface area contributed by atoms with Crippen molar-refractivity contribution in [2.45, 2.75) is 258 Å². The Morgan fingerprint density at radius 1 is 0.288 bits per heavy atom. The van der Waals surface area contributed by atoms with Gasteiger partial charge in [-0.3, -0.25) is 14.4 Å². The van der Waals surface area contributed by atoms with Gasteiger partial charge in [0.25, 0.3) is 0 Å². The van der Waals surface area contributed by atoms with Crippen LogP contribution in [0.3, 0.4) is 0 Å². The second-order valence-electron chi connectivity index (χ2n) is 19.2. The van der Waals surface area contributed by atoms with E-state index in [2.05, 4.69) is 154 Å². The lowest BCUT2D eigenvalue weighted by atomic mass is 10.1. The van der Waals surface area contributed by atoms with E-state index in [1.165, 1.54) is 64.2 Å². The average Bonchev–Trinajstić information content (AvgIpc) is 3.39. The minimum Gasteiger partial charge on any atom is -0.462 e. The third kappa shape index (κ3) is 58.3. The number of rotatable bonds is 52. The highest BCUT2D eigenvalue weighted by atomic mass is 16.6. The maximum atomic E-state index is 12.8. The standard InChI is InChI=1S/C67H108O6/c1-4-7-10-13-16-19-21-22-23-24-25-26-27-28-29-30-31-32-33-34-35-36-37-38-39-40-41-42-43-44-46-48-51-54-57-60-66(69)72-63-64(62-71-65(68)59-56-53-50-47-18-15-12-9-6-3)73-67(70)61-58-55-52-49-45-20-17-14-11-8-5-2/h7,10,14,16-17,19,22-23,25-26,28-29,31-32,34-35,37-38,40-41,43-44,64H,4-6,8-9,11-13,15,18,20-21,24,27,30,33,36,39,42,45-63H2,1-3H3/b10-7-,17-14-,19-16-,23-22-,26-25-,29-28-,32-31-,35-34-,38-37-,41-40-,44-43-. The van der Waals surface area contributed by atoms with E-state index in [-0.39, 0.29) is 31.1 Å². The molecule has 0 aliphatic rings. The molecule has 1 unspecified atom stereocenters. The first-order chi connectivity index (χ1) is 36.0. The minimum absolute atomic E-state index is 0.0907. The lowest BCUT2D eigenvalue weighted by Crippen LogP contribution is -2.30. The number of carbonyl (C=O) groups excluding carboxylic acids is 3. The molecule has 412 valence electrons. The van der Waals surface area contributed by atoms with Crippen molar-refractivity contribution in [3.8, 4) is 0 Å². The quantitative estimate of drug-likeness (QED) is 0.0261. The molecule has 73 heavy (non-hydrogen) atoms. The smallest absolute Gasteiger partial charge is 0.306 e. The molecule has 0 heterocycles. The Kier molecular flexibility index (Phi) is 56.4. The van der Waals surface area contributed by atoms with Crippen LogP contribution in [0.1, 0.15) is 252 Å². The van der Waals surface area contributed by atoms with Crippen molar-refractivity contribution in [3.63, 3.8) is 0 Å². The Hall–Kier alpha value is -4.45. The van der Waals surface area contributed by atoms with Crippen molar-refractivity contribution in [1.82, 2.24) is 0 Å². The normalized spacial score (nSPS) is 13.1. The van der Waals surface area contributed by atoms with Gasteiger partial charge >= 0.3 is 17.9 Å². The van der Waals surface area contributed by atoms with Gasteiger partial charge in [-0.05, 0) is 116 Å². The molecule has 0 radical (unpaired) electrons. The van der Waals surface area contributed by atoms with Gasteiger partial charge in [0, 0.05) is 19.3 Å². The Morgan fingerprint density at radius 3 is 0.890 bits per heavy atom. The lowest BCUT2D eigenvalue weighted by molar-refractivity contribution is -0.167. The summed E-state index contributed by atoms with van der Waals surface area (Å²) >= 11 is 0. The van der Waals surface area contributed by atoms with Crippen LogP contribution >= 0.6 is 0 Å². The molecule has 0 bridgehead atoms. The molecule has 1 atom stereocenters. The van der Waals surface area contributed by atoms with Gasteiger partial charge in [-0.25, -0.2) is 0 Å². The average molecular weight is 1010 g/mol. The van der Waals surface area contributed by atoms with Crippen LogP contribution in [0.15, 0.2) is 134 Å². The number of hydrogen-bond acceptors (Lipinski definition) is 6. The molecule has 0 aromatic carbocycles. The van der Waals surface area contributed by atoms with E-state index in [1.54, 1.807) is 0 Å². The van der Waals surface area contributed by atoms with Crippen LogP contribution in [-0.4, -0.2) is 37.2 Å². The molecule has 0 aromatic heterocycles. The molecule has 0 spiro atoms. The Morgan fingerprint density at radius 2 is 0.548 bits per heavy atom. The topological polar surface area (TPSA) is 78.9 Å². The molecule has 0 fully saturated rings. The predicted molar refractivity (Wildman–Crippen MR) is 316 cm³/mol. The molecule has 0 saturated carbocycles. The van der Waals surface area contributed by atoms with E-state index in [1.807, 2.05) is 0 Å². The Balaban J connectivity index is 4.20. The first-order valence-electron chi connectivity index (χ1n) is 29.7. The highest BCUT2D eigenvalue weighted by Gasteiger charge is 2.19. The lowest BCUT2D eigenvalue weighted by Gasteiger charge is -2.18. The summed E-state index contributed by atoms with van der Waals surface area (Å²) in [6, 6.07) is 0. The van der Waals surface area contributed by atoms with Crippen molar-refractivity contribution in [3.05, 3.63) is 134 Å². The van der Waals surface area contributed by atoms with Crippen molar-refractivity contribution < 1.29 is 28.6 Å². The molecule has 0 amide bonds. The van der Waals surface area contributed by atoms with Gasteiger partial charge < -0.3 is 14.2 Å². The molecule has 0 aromatic rings. The second kappa shape index (κ2) is 60.1. The summed E-state index contributed by atoms with van der Waals surface area (Å²) in [5, 5.41) is 0. The number of unbranched alkanes of at least 4 members (excludes halogenated alkanes) is 19. The fraction of sp³-hybridized carbons (Fsp3) is 0.627. The molecule has 0 aliphatic carbocycles. The molecule has 0 rings (SSSR count). The van der Waals surface area contributed by atoms with Gasteiger partial charge in [0.05, 0.1) is 0 Å². The van der Waals surface area contributed by atoms with Crippen LogP contribution in [0.5, 0.6) is 0 Å². The Labute approximate surface area is 449 Å². The third-order valence-corrected chi connectivity index (χ3v) is 12.1. The van der Waals surface area contributed by atoms with E-state index in [4.69, 9.17) is 14.2 Å². The fourth-order valence-corrected chi connectivity index (χ4v) is 7.69. The largest absolute Gasteiger partial charge is 0.462 e. The molecule has 0 saturated heterocycles. The first-order valence-corrected chi connectivity index (χ1v) is 29.7. The van der Waals surface area contributed by atoms with Gasteiger partial charge in [0.15, 0.2) is 6.10 Å². The van der Waals surface area contributed by atoms with Crippen LogP contribution in [-0.2, 0) is 28.6 Å². The molecule has 0 N–H and O–H groups in total. The van der Waals surface area contributed by atoms with E-state index >= 15 is 0 Å². The summed E-state index contributed by atoms with van der Waals surface area (Å²) in [7, 11) is 0. The van der Waals surface area contributed by atoms with Gasteiger partial charge in [-0.1, -0.05) is 251 Å². The van der Waals surface area contributed by atoms with Gasteiger partial charge in [0.1, 0.15) is 13.2 Å². The number of hydrogen-bond donors (Lipinski definition) is 0. The van der Waals surface area contributed by atoms with E-state index in [0.29, 0.717) is 19.3 Å². The van der Waals surface area contributed by atoms with Crippen molar-refractivity contribution in [2.75, 3.05) is 13.2 Å². The molecule has 6 nitrogen and oxygen atoms in total.